The van der Waals surface area contributed by atoms with Gasteiger partial charge < -0.3 is 9.72 Å². The fraction of sp³-hybridized carbons (Fsp3) is 0.133. The van der Waals surface area contributed by atoms with E-state index in [1.807, 2.05) is 6.07 Å². The second kappa shape index (κ2) is 6.77. The van der Waals surface area contributed by atoms with E-state index in [0.29, 0.717) is 16.5 Å². The van der Waals surface area contributed by atoms with Gasteiger partial charge in [0.2, 0.25) is 0 Å². The molecule has 0 fully saturated rings. The van der Waals surface area contributed by atoms with Crippen LogP contribution in [0, 0.1) is 20.2 Å². The predicted octanol–water partition coefficient (Wildman–Crippen LogP) is 3.68. The standard InChI is InChI=1S/C15H12N4O5S/c1-24-11-4-5-12-13(7-11)17-15(16-12)25-8-9-2-3-10(18(20)21)6-14(9)19(22)23/h2-7H,8H2,1H3,(H,16,17). The number of hydrogen-bond acceptors (Lipinski definition) is 7. The smallest absolute Gasteiger partial charge is 0.280 e. The van der Waals surface area contributed by atoms with Crippen molar-refractivity contribution in [2.75, 3.05) is 7.11 Å². The molecule has 1 heterocycles. The molecule has 0 aliphatic carbocycles. The number of aromatic amines is 1. The molecule has 0 bridgehead atoms. The molecule has 3 rings (SSSR count). The van der Waals surface area contributed by atoms with Crippen molar-refractivity contribution in [1.29, 1.82) is 0 Å². The molecule has 1 N–H and O–H groups in total. The number of nitro benzene ring substituents is 2. The van der Waals surface area contributed by atoms with Crippen LogP contribution in [0.5, 0.6) is 5.75 Å². The highest BCUT2D eigenvalue weighted by molar-refractivity contribution is 7.98. The molecular formula is C15H12N4O5S. The second-order valence-corrected chi connectivity index (χ2v) is 6.00. The molecule has 0 aliphatic rings. The third kappa shape index (κ3) is 3.53. The van der Waals surface area contributed by atoms with Crippen molar-refractivity contribution in [3.8, 4) is 5.75 Å². The van der Waals surface area contributed by atoms with Crippen molar-refractivity contribution in [2.24, 2.45) is 0 Å². The number of H-pyrrole nitrogens is 1. The Labute approximate surface area is 145 Å². The van der Waals surface area contributed by atoms with Gasteiger partial charge in [-0.2, -0.15) is 0 Å². The zero-order valence-corrected chi connectivity index (χ0v) is 13.8. The summed E-state index contributed by atoms with van der Waals surface area (Å²) < 4.78 is 5.15. The molecule has 0 unspecified atom stereocenters. The third-order valence-electron chi connectivity index (χ3n) is 3.51. The van der Waals surface area contributed by atoms with E-state index < -0.39 is 9.85 Å². The monoisotopic (exact) mass is 360 g/mol. The minimum absolute atomic E-state index is 0.255. The number of benzene rings is 2. The minimum atomic E-state index is -0.656. The number of fused-ring (bicyclic) bond motifs is 1. The van der Waals surface area contributed by atoms with Crippen molar-refractivity contribution in [3.63, 3.8) is 0 Å². The normalized spacial score (nSPS) is 10.8. The Kier molecular flexibility index (Phi) is 4.52. The number of imidazole rings is 1. The number of nitrogens with one attached hydrogen (secondary N) is 1. The lowest BCUT2D eigenvalue weighted by Gasteiger charge is -2.01. The van der Waals surface area contributed by atoms with Crippen LogP contribution in [0.3, 0.4) is 0 Å². The van der Waals surface area contributed by atoms with Crippen molar-refractivity contribution >= 4 is 34.2 Å². The van der Waals surface area contributed by atoms with E-state index in [4.69, 9.17) is 4.74 Å². The Morgan fingerprint density at radius 1 is 1.16 bits per heavy atom. The van der Waals surface area contributed by atoms with Gasteiger partial charge in [0.1, 0.15) is 5.75 Å². The van der Waals surface area contributed by atoms with Gasteiger partial charge >= 0.3 is 0 Å². The molecule has 0 aliphatic heterocycles. The highest BCUT2D eigenvalue weighted by atomic mass is 32.2. The minimum Gasteiger partial charge on any atom is -0.497 e. The lowest BCUT2D eigenvalue weighted by Crippen LogP contribution is -1.97. The number of rotatable bonds is 6. The van der Waals surface area contributed by atoms with Crippen LogP contribution in [0.25, 0.3) is 11.0 Å². The summed E-state index contributed by atoms with van der Waals surface area (Å²) in [5.41, 5.74) is 1.34. The fourth-order valence-electron chi connectivity index (χ4n) is 2.26. The molecule has 0 amide bonds. The predicted molar refractivity (Wildman–Crippen MR) is 92.0 cm³/mol. The summed E-state index contributed by atoms with van der Waals surface area (Å²) in [6.45, 7) is 0. The number of aromatic nitrogens is 2. The number of ether oxygens (including phenoxy) is 1. The Bertz CT molecular complexity index is 972. The molecule has 0 atom stereocenters. The van der Waals surface area contributed by atoms with E-state index >= 15 is 0 Å². The van der Waals surface area contributed by atoms with Crippen LogP contribution in [-0.2, 0) is 5.75 Å². The van der Waals surface area contributed by atoms with Crippen LogP contribution >= 0.6 is 11.8 Å². The first-order valence-corrected chi connectivity index (χ1v) is 8.05. The van der Waals surface area contributed by atoms with Crippen LogP contribution in [0.4, 0.5) is 11.4 Å². The van der Waals surface area contributed by atoms with E-state index in [-0.39, 0.29) is 17.1 Å². The number of methoxy groups -OCH3 is 1. The lowest BCUT2D eigenvalue weighted by atomic mass is 10.2. The number of non-ortho nitro benzene ring substituents is 1. The average Bonchev–Trinajstić information content (AvgIpc) is 3.01. The summed E-state index contributed by atoms with van der Waals surface area (Å²) in [5, 5.41) is 22.5. The summed E-state index contributed by atoms with van der Waals surface area (Å²) in [5.74, 6) is 0.948. The Morgan fingerprint density at radius 3 is 2.64 bits per heavy atom. The Balaban J connectivity index is 1.83. The maximum absolute atomic E-state index is 11.2. The molecule has 0 spiro atoms. The zero-order chi connectivity index (χ0) is 18.0. The van der Waals surface area contributed by atoms with E-state index in [0.717, 1.165) is 17.1 Å². The molecule has 128 valence electrons. The van der Waals surface area contributed by atoms with Crippen molar-refractivity contribution in [2.45, 2.75) is 10.9 Å². The van der Waals surface area contributed by atoms with Crippen molar-refractivity contribution in [1.82, 2.24) is 9.97 Å². The molecule has 9 nitrogen and oxygen atoms in total. The topological polar surface area (TPSA) is 124 Å². The first-order valence-electron chi connectivity index (χ1n) is 7.06. The van der Waals surface area contributed by atoms with Crippen LogP contribution in [-0.4, -0.2) is 26.9 Å². The van der Waals surface area contributed by atoms with Gasteiger partial charge in [-0.15, -0.1) is 0 Å². The first-order chi connectivity index (χ1) is 12.0. The number of hydrogen-bond donors (Lipinski definition) is 1. The quantitative estimate of drug-likeness (QED) is 0.404. The summed E-state index contributed by atoms with van der Waals surface area (Å²) >= 11 is 1.28. The zero-order valence-electron chi connectivity index (χ0n) is 13.0. The maximum Gasteiger partial charge on any atom is 0.280 e. The molecule has 1 aromatic heterocycles. The van der Waals surface area contributed by atoms with Crippen LogP contribution in [0.15, 0.2) is 41.6 Å². The summed E-state index contributed by atoms with van der Waals surface area (Å²) in [6, 6.07) is 9.03. The van der Waals surface area contributed by atoms with Gasteiger partial charge in [0.05, 0.1) is 34.1 Å². The summed E-state index contributed by atoms with van der Waals surface area (Å²) in [6.07, 6.45) is 0. The van der Waals surface area contributed by atoms with Crippen LogP contribution < -0.4 is 4.74 Å². The molecule has 25 heavy (non-hydrogen) atoms. The van der Waals surface area contributed by atoms with Crippen LogP contribution in [0.1, 0.15) is 5.56 Å². The van der Waals surface area contributed by atoms with E-state index in [1.54, 1.807) is 19.2 Å². The van der Waals surface area contributed by atoms with Gasteiger partial charge in [0.15, 0.2) is 5.16 Å². The van der Waals surface area contributed by atoms with Crippen molar-refractivity contribution < 1.29 is 14.6 Å². The molecule has 10 heteroatoms. The molecule has 3 aromatic rings. The lowest BCUT2D eigenvalue weighted by molar-refractivity contribution is -0.394. The molecule has 0 radical (unpaired) electrons. The molecular weight excluding hydrogens is 348 g/mol. The number of nitrogens with zero attached hydrogens (tertiary/aromatic N) is 3. The molecule has 2 aromatic carbocycles. The Morgan fingerprint density at radius 2 is 1.96 bits per heavy atom. The van der Waals surface area contributed by atoms with Crippen molar-refractivity contribution in [3.05, 3.63) is 62.2 Å². The number of nitro groups is 2. The van der Waals surface area contributed by atoms with Gasteiger partial charge in [-0.3, -0.25) is 20.2 Å². The molecule has 0 saturated heterocycles. The average molecular weight is 360 g/mol. The fourth-order valence-corrected chi connectivity index (χ4v) is 3.15. The van der Waals surface area contributed by atoms with Gasteiger partial charge in [-0.1, -0.05) is 11.8 Å². The highest BCUT2D eigenvalue weighted by Crippen LogP contribution is 2.31. The highest BCUT2D eigenvalue weighted by Gasteiger charge is 2.19. The van der Waals surface area contributed by atoms with Gasteiger partial charge in [-0.05, 0) is 18.2 Å². The Hall–Kier alpha value is -3.14. The van der Waals surface area contributed by atoms with E-state index in [9.17, 15) is 20.2 Å². The van der Waals surface area contributed by atoms with E-state index in [1.165, 1.54) is 23.9 Å². The van der Waals surface area contributed by atoms with Gasteiger partial charge in [-0.25, -0.2) is 4.98 Å². The van der Waals surface area contributed by atoms with Gasteiger partial charge in [0, 0.05) is 23.4 Å². The summed E-state index contributed by atoms with van der Waals surface area (Å²) in [4.78, 5) is 28.2. The number of thioether (sulfide) groups is 1. The third-order valence-corrected chi connectivity index (χ3v) is 4.43. The largest absolute Gasteiger partial charge is 0.497 e. The maximum atomic E-state index is 11.2. The second-order valence-electron chi connectivity index (χ2n) is 5.04. The SMILES string of the molecule is COc1ccc2nc(SCc3ccc([N+](=O)[O-])cc3[N+](=O)[O-])[nH]c2c1. The van der Waals surface area contributed by atoms with E-state index in [2.05, 4.69) is 9.97 Å². The van der Waals surface area contributed by atoms with Gasteiger partial charge in [0.25, 0.3) is 11.4 Å². The molecule has 0 saturated carbocycles. The summed E-state index contributed by atoms with van der Waals surface area (Å²) in [7, 11) is 1.57. The van der Waals surface area contributed by atoms with Crippen LogP contribution in [0.2, 0.25) is 0 Å². The first kappa shape index (κ1) is 16.7.